The fraction of sp³-hybridized carbons (Fsp3) is 0.429. The summed E-state index contributed by atoms with van der Waals surface area (Å²) in [5, 5.41) is 6.51. The maximum Gasteiger partial charge on any atom is 0.244 e. The highest BCUT2D eigenvalue weighted by Crippen LogP contribution is 2.29. The third-order valence-corrected chi connectivity index (χ3v) is 4.84. The van der Waals surface area contributed by atoms with Crippen LogP contribution in [0.3, 0.4) is 0 Å². The molecule has 0 radical (unpaired) electrons. The van der Waals surface area contributed by atoms with Crippen molar-refractivity contribution in [2.75, 3.05) is 30.0 Å². The Morgan fingerprint density at radius 2 is 2.09 bits per heavy atom. The van der Waals surface area contributed by atoms with E-state index in [1.165, 1.54) is 4.90 Å². The van der Waals surface area contributed by atoms with Crippen LogP contribution in [0.25, 0.3) is 0 Å². The van der Waals surface area contributed by atoms with Gasteiger partial charge in [0, 0.05) is 18.2 Å². The summed E-state index contributed by atoms with van der Waals surface area (Å²) in [5.74, 6) is 1.10. The minimum Gasteiger partial charge on any atom is -0.332 e. The molecular formula is C14H17Cl2N3O2S. The second-order valence-corrected chi connectivity index (χ2v) is 6.61. The van der Waals surface area contributed by atoms with Crippen molar-refractivity contribution < 1.29 is 9.59 Å². The van der Waals surface area contributed by atoms with Crippen LogP contribution in [0.15, 0.2) is 18.2 Å². The zero-order valence-electron chi connectivity index (χ0n) is 12.1. The van der Waals surface area contributed by atoms with Crippen LogP contribution in [-0.2, 0) is 9.59 Å². The van der Waals surface area contributed by atoms with Crippen LogP contribution in [0.1, 0.15) is 6.92 Å². The molecule has 0 aromatic heterocycles. The van der Waals surface area contributed by atoms with Gasteiger partial charge in [0.2, 0.25) is 11.8 Å². The maximum absolute atomic E-state index is 12.3. The molecule has 5 nitrogen and oxygen atoms in total. The molecule has 0 bridgehead atoms. The number of hydrogen-bond donors (Lipinski definition) is 2. The van der Waals surface area contributed by atoms with Crippen LogP contribution in [0.2, 0.25) is 10.0 Å². The summed E-state index contributed by atoms with van der Waals surface area (Å²) in [6.45, 7) is 2.28. The van der Waals surface area contributed by atoms with Crippen LogP contribution in [-0.4, -0.2) is 47.5 Å². The summed E-state index contributed by atoms with van der Waals surface area (Å²) < 4.78 is 0. The fourth-order valence-electron chi connectivity index (χ4n) is 2.09. The topological polar surface area (TPSA) is 61.4 Å². The molecule has 0 aliphatic carbocycles. The van der Waals surface area contributed by atoms with Crippen molar-refractivity contribution in [3.05, 3.63) is 28.2 Å². The lowest BCUT2D eigenvalue weighted by molar-refractivity contribution is -0.135. The normalized spacial score (nSPS) is 17.3. The number of benzene rings is 1. The number of likely N-dealkylation sites (N-methyl/N-ethyl adjacent to an activating group) is 1. The van der Waals surface area contributed by atoms with E-state index in [0.29, 0.717) is 22.3 Å². The Bertz CT molecular complexity index is 545. The summed E-state index contributed by atoms with van der Waals surface area (Å²) in [7, 11) is 0. The van der Waals surface area contributed by atoms with E-state index in [2.05, 4.69) is 10.6 Å². The number of thioether (sulfide) groups is 1. The molecule has 0 saturated carbocycles. The highest BCUT2D eigenvalue weighted by molar-refractivity contribution is 7.99. The second kappa shape index (κ2) is 8.06. The average Bonchev–Trinajstić information content (AvgIpc) is 3.02. The van der Waals surface area contributed by atoms with Gasteiger partial charge in [-0.25, -0.2) is 0 Å². The molecule has 120 valence electrons. The second-order valence-electron chi connectivity index (χ2n) is 4.77. The number of nitrogens with one attached hydrogen (secondary N) is 2. The van der Waals surface area contributed by atoms with Gasteiger partial charge in [-0.05, 0) is 19.1 Å². The van der Waals surface area contributed by atoms with E-state index in [-0.39, 0.29) is 24.4 Å². The molecule has 22 heavy (non-hydrogen) atoms. The van der Waals surface area contributed by atoms with E-state index in [0.717, 1.165) is 11.6 Å². The largest absolute Gasteiger partial charge is 0.332 e. The molecule has 8 heteroatoms. The van der Waals surface area contributed by atoms with Gasteiger partial charge < -0.3 is 10.2 Å². The molecule has 1 unspecified atom stereocenters. The van der Waals surface area contributed by atoms with Gasteiger partial charge in [0.25, 0.3) is 0 Å². The molecule has 1 aliphatic rings. The first kappa shape index (κ1) is 17.4. The lowest BCUT2D eigenvalue weighted by Crippen LogP contribution is -2.47. The summed E-state index contributed by atoms with van der Waals surface area (Å²) in [5.41, 5.74) is 0.369. The number of amides is 2. The predicted molar refractivity (Wildman–Crippen MR) is 91.6 cm³/mol. The third-order valence-electron chi connectivity index (χ3n) is 3.27. The fourth-order valence-corrected chi connectivity index (χ4v) is 3.51. The highest BCUT2D eigenvalue weighted by atomic mass is 35.5. The Morgan fingerprint density at radius 1 is 1.41 bits per heavy atom. The van der Waals surface area contributed by atoms with Gasteiger partial charge in [-0.2, -0.15) is 0 Å². The Balaban J connectivity index is 1.98. The van der Waals surface area contributed by atoms with E-state index in [9.17, 15) is 9.59 Å². The summed E-state index contributed by atoms with van der Waals surface area (Å²) >= 11 is 13.7. The van der Waals surface area contributed by atoms with Gasteiger partial charge >= 0.3 is 0 Å². The molecule has 2 amide bonds. The monoisotopic (exact) mass is 361 g/mol. The van der Waals surface area contributed by atoms with Crippen molar-refractivity contribution in [2.45, 2.75) is 13.0 Å². The SMILES string of the molecule is CCN(CC(=O)Nc1c(Cl)cccc1Cl)C(=O)C1CSCN1. The van der Waals surface area contributed by atoms with Gasteiger partial charge in [-0.3, -0.25) is 14.9 Å². The zero-order valence-corrected chi connectivity index (χ0v) is 14.4. The van der Waals surface area contributed by atoms with E-state index < -0.39 is 0 Å². The minimum absolute atomic E-state index is 0.0280. The Hall–Kier alpha value is -0.950. The number of halogens is 2. The number of carbonyl (C=O) groups excluding carboxylic acids is 2. The van der Waals surface area contributed by atoms with Gasteiger partial charge in [-0.1, -0.05) is 29.3 Å². The molecular weight excluding hydrogens is 345 g/mol. The number of carbonyl (C=O) groups is 2. The van der Waals surface area contributed by atoms with Gasteiger partial charge in [0.15, 0.2) is 0 Å². The zero-order chi connectivity index (χ0) is 16.1. The lowest BCUT2D eigenvalue weighted by atomic mass is 10.2. The van der Waals surface area contributed by atoms with E-state index in [4.69, 9.17) is 23.2 Å². The predicted octanol–water partition coefficient (Wildman–Crippen LogP) is 2.44. The summed E-state index contributed by atoms with van der Waals surface area (Å²) in [4.78, 5) is 26.0. The van der Waals surface area contributed by atoms with Crippen molar-refractivity contribution in [1.29, 1.82) is 0 Å². The van der Waals surface area contributed by atoms with Crippen LogP contribution >= 0.6 is 35.0 Å². The Morgan fingerprint density at radius 3 is 2.64 bits per heavy atom. The molecule has 1 aliphatic heterocycles. The average molecular weight is 362 g/mol. The van der Waals surface area contributed by atoms with Crippen LogP contribution < -0.4 is 10.6 Å². The van der Waals surface area contributed by atoms with Crippen LogP contribution in [0.5, 0.6) is 0 Å². The number of anilines is 1. The molecule has 2 N–H and O–H groups in total. The third kappa shape index (κ3) is 4.29. The molecule has 1 heterocycles. The molecule has 1 aromatic rings. The number of para-hydroxylation sites is 1. The molecule has 1 fully saturated rings. The van der Waals surface area contributed by atoms with Gasteiger partial charge in [-0.15, -0.1) is 11.8 Å². The van der Waals surface area contributed by atoms with E-state index in [1.54, 1.807) is 30.0 Å². The first-order valence-electron chi connectivity index (χ1n) is 6.86. The molecule has 2 rings (SSSR count). The van der Waals surface area contributed by atoms with Crippen molar-refractivity contribution in [3.63, 3.8) is 0 Å². The highest BCUT2D eigenvalue weighted by Gasteiger charge is 2.27. The molecule has 1 aromatic carbocycles. The Kier molecular flexibility index (Phi) is 6.37. The standard InChI is InChI=1S/C14H17Cl2N3O2S/c1-2-19(14(21)11-7-22-8-17-11)6-12(20)18-13-9(15)4-3-5-10(13)16/h3-5,11,17H,2,6-8H2,1H3,(H,18,20). The molecule has 0 spiro atoms. The smallest absolute Gasteiger partial charge is 0.244 e. The van der Waals surface area contributed by atoms with E-state index >= 15 is 0 Å². The van der Waals surface area contributed by atoms with E-state index in [1.807, 2.05) is 6.92 Å². The molecule has 1 atom stereocenters. The van der Waals surface area contributed by atoms with Crippen LogP contribution in [0, 0.1) is 0 Å². The van der Waals surface area contributed by atoms with Crippen molar-refractivity contribution in [2.24, 2.45) is 0 Å². The summed E-state index contributed by atoms with van der Waals surface area (Å²) in [6.07, 6.45) is 0. The van der Waals surface area contributed by atoms with Crippen molar-refractivity contribution in [1.82, 2.24) is 10.2 Å². The van der Waals surface area contributed by atoms with Gasteiger partial charge in [0.05, 0.1) is 28.3 Å². The number of nitrogens with zero attached hydrogens (tertiary/aromatic N) is 1. The lowest BCUT2D eigenvalue weighted by Gasteiger charge is -2.23. The Labute approximate surface area is 143 Å². The number of hydrogen-bond acceptors (Lipinski definition) is 4. The number of rotatable bonds is 5. The quantitative estimate of drug-likeness (QED) is 0.845. The molecule has 1 saturated heterocycles. The van der Waals surface area contributed by atoms with Crippen molar-refractivity contribution in [3.8, 4) is 0 Å². The van der Waals surface area contributed by atoms with Crippen molar-refractivity contribution >= 4 is 52.5 Å². The first-order valence-corrected chi connectivity index (χ1v) is 8.77. The minimum atomic E-state index is -0.323. The summed E-state index contributed by atoms with van der Waals surface area (Å²) in [6, 6.07) is 4.77. The van der Waals surface area contributed by atoms with Crippen LogP contribution in [0.4, 0.5) is 5.69 Å². The first-order chi connectivity index (χ1) is 10.5. The maximum atomic E-state index is 12.3. The van der Waals surface area contributed by atoms with Gasteiger partial charge in [0.1, 0.15) is 0 Å².